The average molecular weight is 429 g/mol. The fourth-order valence-electron chi connectivity index (χ4n) is 2.61. The van der Waals surface area contributed by atoms with Gasteiger partial charge in [-0.2, -0.15) is 23.3 Å². The maximum atomic E-state index is 12.6. The molecule has 0 radical (unpaired) electrons. The van der Waals surface area contributed by atoms with Crippen LogP contribution in [0.3, 0.4) is 0 Å². The zero-order chi connectivity index (χ0) is 21.8. The van der Waals surface area contributed by atoms with Crippen LogP contribution in [0.2, 0.25) is 0 Å². The molecule has 2 N–H and O–H groups in total. The second-order valence-corrected chi connectivity index (χ2v) is 6.31. The fourth-order valence-corrected chi connectivity index (χ4v) is 2.61. The van der Waals surface area contributed by atoms with Crippen LogP contribution in [0.25, 0.3) is 17.1 Å². The van der Waals surface area contributed by atoms with Crippen molar-refractivity contribution in [2.45, 2.75) is 12.7 Å². The molecule has 0 atom stereocenters. The van der Waals surface area contributed by atoms with E-state index in [0.29, 0.717) is 16.9 Å². The Balaban J connectivity index is 1.37. The Labute approximate surface area is 172 Å². The number of urea groups is 1. The Bertz CT molecular complexity index is 1170. The minimum Gasteiger partial charge on any atom is -0.334 e. The third kappa shape index (κ3) is 4.86. The summed E-state index contributed by atoms with van der Waals surface area (Å²) in [5, 5.41) is 12.9. The van der Waals surface area contributed by atoms with E-state index in [2.05, 4.69) is 35.4 Å². The minimum atomic E-state index is -4.69. The molecule has 31 heavy (non-hydrogen) atoms. The summed E-state index contributed by atoms with van der Waals surface area (Å²) >= 11 is 0. The molecule has 0 aliphatic carbocycles. The third-order valence-corrected chi connectivity index (χ3v) is 4.07. The number of halogens is 3. The Morgan fingerprint density at radius 3 is 2.61 bits per heavy atom. The molecule has 0 aliphatic rings. The first-order chi connectivity index (χ1) is 14.9. The van der Waals surface area contributed by atoms with Gasteiger partial charge < -0.3 is 15.2 Å². The van der Waals surface area contributed by atoms with E-state index in [1.807, 2.05) is 0 Å². The molecule has 0 aliphatic heterocycles. The van der Waals surface area contributed by atoms with E-state index >= 15 is 0 Å². The van der Waals surface area contributed by atoms with Crippen LogP contribution in [0.4, 0.5) is 23.7 Å². The van der Waals surface area contributed by atoms with E-state index in [-0.39, 0.29) is 18.4 Å². The highest BCUT2D eigenvalue weighted by Gasteiger charge is 2.38. The molecular weight excluding hydrogens is 415 g/mol. The number of hydrogen-bond acceptors (Lipinski definition) is 6. The quantitative estimate of drug-likeness (QED) is 0.501. The summed E-state index contributed by atoms with van der Waals surface area (Å²) in [5.41, 5.74) is 2.34. The Kier molecular flexibility index (Phi) is 5.35. The molecule has 9 nitrogen and oxygen atoms in total. The highest BCUT2D eigenvalue weighted by atomic mass is 19.4. The number of nitrogens with one attached hydrogen (secondary N) is 2. The number of aromatic nitrogens is 5. The predicted octanol–water partition coefficient (Wildman–Crippen LogP) is 3.66. The van der Waals surface area contributed by atoms with Gasteiger partial charge in [-0.3, -0.25) is 4.98 Å². The Morgan fingerprint density at radius 2 is 1.94 bits per heavy atom. The van der Waals surface area contributed by atoms with Gasteiger partial charge >= 0.3 is 18.1 Å². The lowest BCUT2D eigenvalue weighted by molar-refractivity contribution is -0.159. The maximum Gasteiger partial charge on any atom is 0.471 e. The summed E-state index contributed by atoms with van der Waals surface area (Å²) in [4.78, 5) is 19.2. The van der Waals surface area contributed by atoms with E-state index in [9.17, 15) is 18.0 Å². The van der Waals surface area contributed by atoms with Crippen molar-refractivity contribution in [3.8, 4) is 17.1 Å². The van der Waals surface area contributed by atoms with Crippen LogP contribution < -0.4 is 10.6 Å². The molecule has 0 spiro atoms. The first kappa shape index (κ1) is 20.1. The lowest BCUT2D eigenvalue weighted by Gasteiger charge is -2.06. The van der Waals surface area contributed by atoms with Crippen molar-refractivity contribution in [1.29, 1.82) is 0 Å². The molecular formula is C19H14F3N7O2. The number of rotatable bonds is 5. The number of benzene rings is 1. The fraction of sp³-hybridized carbons (Fsp3) is 0.105. The van der Waals surface area contributed by atoms with Crippen LogP contribution in [0.15, 0.2) is 65.7 Å². The van der Waals surface area contributed by atoms with Gasteiger partial charge in [-0.1, -0.05) is 5.16 Å². The van der Waals surface area contributed by atoms with Crippen LogP contribution >= 0.6 is 0 Å². The van der Waals surface area contributed by atoms with Gasteiger partial charge in [0.25, 0.3) is 0 Å². The van der Waals surface area contributed by atoms with Gasteiger partial charge in [0.1, 0.15) is 0 Å². The van der Waals surface area contributed by atoms with Gasteiger partial charge in [0, 0.05) is 30.1 Å². The summed E-state index contributed by atoms with van der Waals surface area (Å²) in [6.07, 6.45) is 1.74. The first-order valence-electron chi connectivity index (χ1n) is 8.88. The van der Waals surface area contributed by atoms with Gasteiger partial charge in [0.15, 0.2) is 0 Å². The Hall–Kier alpha value is -4.22. The summed E-state index contributed by atoms with van der Waals surface area (Å²) < 4.78 is 43.6. The monoisotopic (exact) mass is 429 g/mol. The van der Waals surface area contributed by atoms with Gasteiger partial charge in [-0.25, -0.2) is 9.48 Å². The van der Waals surface area contributed by atoms with Crippen molar-refractivity contribution in [2.75, 3.05) is 5.32 Å². The molecule has 158 valence electrons. The molecule has 1 aromatic carbocycles. The number of pyridine rings is 1. The van der Waals surface area contributed by atoms with E-state index in [4.69, 9.17) is 0 Å². The zero-order valence-electron chi connectivity index (χ0n) is 15.7. The van der Waals surface area contributed by atoms with Gasteiger partial charge in [0.05, 0.1) is 23.8 Å². The lowest BCUT2D eigenvalue weighted by atomic mass is 10.2. The van der Waals surface area contributed by atoms with Gasteiger partial charge in [0.2, 0.25) is 5.82 Å². The second-order valence-electron chi connectivity index (χ2n) is 6.31. The lowest BCUT2D eigenvalue weighted by Crippen LogP contribution is -2.28. The van der Waals surface area contributed by atoms with Gasteiger partial charge in [-0.15, -0.1) is 0 Å². The molecule has 3 heterocycles. The number of nitrogens with zero attached hydrogens (tertiary/aromatic N) is 5. The van der Waals surface area contributed by atoms with Crippen molar-refractivity contribution in [2.24, 2.45) is 0 Å². The second kappa shape index (κ2) is 8.26. The SMILES string of the molecule is O=C(NCc1cnn(-c2ccc(-c3noc(C(F)(F)F)n3)cc2)c1)Nc1cccnc1. The number of amides is 2. The smallest absolute Gasteiger partial charge is 0.334 e. The molecule has 2 amide bonds. The van der Waals surface area contributed by atoms with Crippen LogP contribution in [-0.4, -0.2) is 30.9 Å². The first-order valence-corrected chi connectivity index (χ1v) is 8.88. The van der Waals surface area contributed by atoms with E-state index in [1.54, 1.807) is 59.7 Å². The van der Waals surface area contributed by atoms with Crippen LogP contribution in [-0.2, 0) is 12.7 Å². The van der Waals surface area contributed by atoms with E-state index in [1.165, 1.54) is 6.20 Å². The number of carbonyl (C=O) groups excluding carboxylic acids is 1. The number of anilines is 1. The van der Waals surface area contributed by atoms with Crippen molar-refractivity contribution < 1.29 is 22.5 Å². The highest BCUT2D eigenvalue weighted by molar-refractivity contribution is 5.88. The molecule has 12 heteroatoms. The normalized spacial score (nSPS) is 11.3. The molecule has 0 saturated heterocycles. The number of alkyl halides is 3. The molecule has 4 aromatic rings. The van der Waals surface area contributed by atoms with Crippen molar-refractivity contribution in [3.63, 3.8) is 0 Å². The third-order valence-electron chi connectivity index (χ3n) is 4.07. The molecule has 3 aromatic heterocycles. The largest absolute Gasteiger partial charge is 0.471 e. The summed E-state index contributed by atoms with van der Waals surface area (Å²) in [5.74, 6) is -1.56. The van der Waals surface area contributed by atoms with Crippen LogP contribution in [0, 0.1) is 0 Å². The predicted molar refractivity (Wildman–Crippen MR) is 102 cm³/mol. The molecule has 0 saturated carbocycles. The number of carbonyl (C=O) groups is 1. The average Bonchev–Trinajstić information content (AvgIpc) is 3.43. The minimum absolute atomic E-state index is 0.163. The van der Waals surface area contributed by atoms with E-state index in [0.717, 1.165) is 5.56 Å². The van der Waals surface area contributed by atoms with Crippen molar-refractivity contribution in [3.05, 3.63) is 72.6 Å². The molecule has 0 bridgehead atoms. The molecule has 4 rings (SSSR count). The molecule has 0 unspecified atom stereocenters. The van der Waals surface area contributed by atoms with Gasteiger partial charge in [-0.05, 0) is 36.4 Å². The highest BCUT2D eigenvalue weighted by Crippen LogP contribution is 2.29. The summed E-state index contributed by atoms with van der Waals surface area (Å²) in [7, 11) is 0. The zero-order valence-corrected chi connectivity index (χ0v) is 15.7. The summed E-state index contributed by atoms with van der Waals surface area (Å²) in [6, 6.07) is 9.45. The molecule has 0 fully saturated rings. The standard InChI is InChI=1S/C19H14F3N7O2/c20-19(21,22)17-27-16(28-31-17)13-3-5-15(6-4-13)29-11-12(9-25-29)8-24-18(30)26-14-2-1-7-23-10-14/h1-7,9-11H,8H2,(H2,24,26,30). The van der Waals surface area contributed by atoms with Crippen molar-refractivity contribution >= 4 is 11.7 Å². The van der Waals surface area contributed by atoms with Crippen LogP contribution in [0.1, 0.15) is 11.5 Å². The van der Waals surface area contributed by atoms with E-state index < -0.39 is 12.1 Å². The topological polar surface area (TPSA) is 111 Å². The Morgan fingerprint density at radius 1 is 1.13 bits per heavy atom. The number of hydrogen-bond donors (Lipinski definition) is 2. The maximum absolute atomic E-state index is 12.6. The summed E-state index contributed by atoms with van der Waals surface area (Å²) in [6.45, 7) is 0.243. The van der Waals surface area contributed by atoms with Crippen LogP contribution in [0.5, 0.6) is 0 Å². The van der Waals surface area contributed by atoms with Crippen molar-refractivity contribution in [1.82, 2.24) is 30.2 Å².